The Bertz CT molecular complexity index is 406. The van der Waals surface area contributed by atoms with E-state index in [0.29, 0.717) is 5.69 Å². The quantitative estimate of drug-likeness (QED) is 0.687. The molecule has 5 nitrogen and oxygen atoms in total. The molecule has 66 valence electrons. The Morgan fingerprint density at radius 2 is 2.31 bits per heavy atom. The SMILES string of the molecule is Cc1ncc(N)cc1-n1cncn1. The molecule has 0 amide bonds. The molecule has 0 saturated heterocycles. The predicted octanol–water partition coefficient (Wildman–Crippen LogP) is 0.553. The van der Waals surface area contributed by atoms with Crippen LogP contribution in [-0.2, 0) is 0 Å². The van der Waals surface area contributed by atoms with Crippen LogP contribution in [0.15, 0.2) is 24.9 Å². The van der Waals surface area contributed by atoms with E-state index in [4.69, 9.17) is 5.73 Å². The first-order valence-electron chi connectivity index (χ1n) is 3.84. The van der Waals surface area contributed by atoms with Gasteiger partial charge in [-0.15, -0.1) is 0 Å². The molecule has 13 heavy (non-hydrogen) atoms. The molecule has 0 saturated carbocycles. The number of anilines is 1. The summed E-state index contributed by atoms with van der Waals surface area (Å²) in [7, 11) is 0. The number of nitrogens with zero attached hydrogens (tertiary/aromatic N) is 4. The van der Waals surface area contributed by atoms with Crippen molar-refractivity contribution >= 4 is 5.69 Å². The minimum atomic E-state index is 0.621. The van der Waals surface area contributed by atoms with E-state index in [1.165, 1.54) is 6.33 Å². The number of hydrogen-bond donors (Lipinski definition) is 1. The lowest BCUT2D eigenvalue weighted by Crippen LogP contribution is -2.00. The average Bonchev–Trinajstić information content (AvgIpc) is 2.61. The number of nitrogen functional groups attached to an aromatic ring is 1. The molecule has 5 heteroatoms. The third-order valence-electron chi connectivity index (χ3n) is 1.75. The molecule has 0 unspecified atom stereocenters. The minimum absolute atomic E-state index is 0.621. The van der Waals surface area contributed by atoms with Gasteiger partial charge in [-0.05, 0) is 13.0 Å². The summed E-state index contributed by atoms with van der Waals surface area (Å²) in [6.07, 6.45) is 4.71. The maximum absolute atomic E-state index is 5.61. The van der Waals surface area contributed by atoms with E-state index < -0.39 is 0 Å². The van der Waals surface area contributed by atoms with Crippen molar-refractivity contribution in [3.8, 4) is 5.69 Å². The molecule has 0 aromatic carbocycles. The molecule has 0 aliphatic carbocycles. The van der Waals surface area contributed by atoms with Crippen molar-refractivity contribution in [3.05, 3.63) is 30.6 Å². The number of aryl methyl sites for hydroxylation is 1. The third-order valence-corrected chi connectivity index (χ3v) is 1.75. The van der Waals surface area contributed by atoms with Crippen LogP contribution in [0.4, 0.5) is 5.69 Å². The van der Waals surface area contributed by atoms with Crippen molar-refractivity contribution in [3.63, 3.8) is 0 Å². The first-order chi connectivity index (χ1) is 6.27. The number of nitrogens with two attached hydrogens (primary N) is 1. The third kappa shape index (κ3) is 1.35. The summed E-state index contributed by atoms with van der Waals surface area (Å²) in [5.74, 6) is 0. The topological polar surface area (TPSA) is 69.6 Å². The molecule has 2 N–H and O–H groups in total. The summed E-state index contributed by atoms with van der Waals surface area (Å²) in [5, 5.41) is 4.00. The summed E-state index contributed by atoms with van der Waals surface area (Å²) in [6, 6.07) is 1.82. The second-order valence-corrected chi connectivity index (χ2v) is 2.71. The lowest BCUT2D eigenvalue weighted by Gasteiger charge is -2.04. The van der Waals surface area contributed by atoms with Gasteiger partial charge in [0.2, 0.25) is 0 Å². The lowest BCUT2D eigenvalue weighted by molar-refractivity contribution is 0.861. The Labute approximate surface area is 75.2 Å². The van der Waals surface area contributed by atoms with E-state index in [2.05, 4.69) is 15.1 Å². The molecule has 2 aromatic heterocycles. The molecule has 2 rings (SSSR count). The van der Waals surface area contributed by atoms with Crippen LogP contribution in [0.2, 0.25) is 0 Å². The zero-order chi connectivity index (χ0) is 9.26. The van der Waals surface area contributed by atoms with Gasteiger partial charge in [-0.1, -0.05) is 0 Å². The van der Waals surface area contributed by atoms with Crippen LogP contribution in [0.25, 0.3) is 5.69 Å². The van der Waals surface area contributed by atoms with Crippen LogP contribution in [0, 0.1) is 6.92 Å². The molecular weight excluding hydrogens is 166 g/mol. The highest BCUT2D eigenvalue weighted by atomic mass is 15.3. The van der Waals surface area contributed by atoms with E-state index in [1.54, 1.807) is 17.2 Å². The summed E-state index contributed by atoms with van der Waals surface area (Å²) in [5.41, 5.74) is 7.96. The second-order valence-electron chi connectivity index (χ2n) is 2.71. The molecule has 0 atom stereocenters. The van der Waals surface area contributed by atoms with Gasteiger partial charge in [0, 0.05) is 0 Å². The highest BCUT2D eigenvalue weighted by Gasteiger charge is 2.02. The van der Waals surface area contributed by atoms with E-state index in [9.17, 15) is 0 Å². The summed E-state index contributed by atoms with van der Waals surface area (Å²) in [4.78, 5) is 7.97. The Balaban J connectivity index is 2.57. The first kappa shape index (κ1) is 7.72. The molecule has 2 aromatic rings. The fourth-order valence-electron chi connectivity index (χ4n) is 1.10. The summed E-state index contributed by atoms with van der Waals surface area (Å²) >= 11 is 0. The molecule has 0 aliphatic heterocycles. The van der Waals surface area contributed by atoms with Crippen molar-refractivity contribution < 1.29 is 0 Å². The summed E-state index contributed by atoms with van der Waals surface area (Å²) in [6.45, 7) is 1.90. The van der Waals surface area contributed by atoms with Gasteiger partial charge in [0.05, 0.1) is 23.3 Å². The largest absolute Gasteiger partial charge is 0.397 e. The molecule has 0 aliphatic rings. The fourth-order valence-corrected chi connectivity index (χ4v) is 1.10. The number of aromatic nitrogens is 4. The van der Waals surface area contributed by atoms with Gasteiger partial charge in [0.1, 0.15) is 12.7 Å². The Hall–Kier alpha value is -1.91. The minimum Gasteiger partial charge on any atom is -0.397 e. The molecule has 2 heterocycles. The van der Waals surface area contributed by atoms with Crippen LogP contribution < -0.4 is 5.73 Å². The zero-order valence-electron chi connectivity index (χ0n) is 7.18. The Morgan fingerprint density at radius 3 is 3.00 bits per heavy atom. The van der Waals surface area contributed by atoms with Gasteiger partial charge in [-0.3, -0.25) is 4.98 Å². The first-order valence-corrected chi connectivity index (χ1v) is 3.84. The van der Waals surface area contributed by atoms with Crippen molar-refractivity contribution in [2.24, 2.45) is 0 Å². The van der Waals surface area contributed by atoms with Crippen LogP contribution in [0.5, 0.6) is 0 Å². The van der Waals surface area contributed by atoms with Crippen molar-refractivity contribution in [2.45, 2.75) is 6.92 Å². The highest BCUT2D eigenvalue weighted by Crippen LogP contribution is 2.12. The zero-order valence-corrected chi connectivity index (χ0v) is 7.18. The molecule has 0 bridgehead atoms. The van der Waals surface area contributed by atoms with E-state index in [-0.39, 0.29) is 0 Å². The van der Waals surface area contributed by atoms with Gasteiger partial charge in [-0.2, -0.15) is 5.10 Å². The number of pyridine rings is 1. The fraction of sp³-hybridized carbons (Fsp3) is 0.125. The van der Waals surface area contributed by atoms with E-state index in [0.717, 1.165) is 11.4 Å². The summed E-state index contributed by atoms with van der Waals surface area (Å²) < 4.78 is 1.64. The van der Waals surface area contributed by atoms with Crippen molar-refractivity contribution in [1.82, 2.24) is 19.7 Å². The van der Waals surface area contributed by atoms with E-state index >= 15 is 0 Å². The second kappa shape index (κ2) is 2.85. The number of hydrogen-bond acceptors (Lipinski definition) is 4. The Kier molecular flexibility index (Phi) is 1.70. The van der Waals surface area contributed by atoms with Crippen LogP contribution in [-0.4, -0.2) is 19.7 Å². The molecule has 0 radical (unpaired) electrons. The molecular formula is C8H9N5. The maximum Gasteiger partial charge on any atom is 0.138 e. The number of rotatable bonds is 1. The normalized spacial score (nSPS) is 10.2. The van der Waals surface area contributed by atoms with Crippen LogP contribution >= 0.6 is 0 Å². The van der Waals surface area contributed by atoms with Crippen molar-refractivity contribution in [1.29, 1.82) is 0 Å². The standard InChI is InChI=1S/C8H9N5/c1-6-8(2-7(9)3-11-6)13-5-10-4-12-13/h2-5H,9H2,1H3. The predicted molar refractivity (Wildman–Crippen MR) is 48.3 cm³/mol. The van der Waals surface area contributed by atoms with E-state index in [1.807, 2.05) is 13.0 Å². The lowest BCUT2D eigenvalue weighted by atomic mass is 10.3. The smallest absolute Gasteiger partial charge is 0.138 e. The van der Waals surface area contributed by atoms with Gasteiger partial charge >= 0.3 is 0 Å². The van der Waals surface area contributed by atoms with Gasteiger partial charge in [-0.25, -0.2) is 9.67 Å². The van der Waals surface area contributed by atoms with Gasteiger partial charge in [0.25, 0.3) is 0 Å². The van der Waals surface area contributed by atoms with Crippen LogP contribution in [0.1, 0.15) is 5.69 Å². The molecule has 0 spiro atoms. The maximum atomic E-state index is 5.61. The van der Waals surface area contributed by atoms with Gasteiger partial charge in [0.15, 0.2) is 0 Å². The molecule has 0 fully saturated rings. The Morgan fingerprint density at radius 1 is 1.46 bits per heavy atom. The monoisotopic (exact) mass is 175 g/mol. The van der Waals surface area contributed by atoms with Crippen LogP contribution in [0.3, 0.4) is 0 Å². The van der Waals surface area contributed by atoms with Gasteiger partial charge < -0.3 is 5.73 Å². The highest BCUT2D eigenvalue weighted by molar-refractivity contribution is 5.47. The average molecular weight is 175 g/mol. The van der Waals surface area contributed by atoms with Crippen molar-refractivity contribution in [2.75, 3.05) is 5.73 Å².